The van der Waals surface area contributed by atoms with Gasteiger partial charge in [-0.2, -0.15) is 0 Å². The summed E-state index contributed by atoms with van der Waals surface area (Å²) in [6.07, 6.45) is 0.888. The van der Waals surface area contributed by atoms with Gasteiger partial charge in [0.2, 0.25) is 21.8 Å². The summed E-state index contributed by atoms with van der Waals surface area (Å²) < 4.78 is 40.1. The molecule has 11 heteroatoms. The van der Waals surface area contributed by atoms with Gasteiger partial charge in [-0.1, -0.05) is 12.1 Å². The Labute approximate surface area is 161 Å². The molecule has 1 aromatic rings. The van der Waals surface area contributed by atoms with Crippen molar-refractivity contribution in [1.82, 2.24) is 19.8 Å². The quantitative estimate of drug-likeness (QED) is 0.640. The van der Waals surface area contributed by atoms with Crippen LogP contribution in [0.15, 0.2) is 29.2 Å². The van der Waals surface area contributed by atoms with Gasteiger partial charge in [-0.15, -0.1) is 0 Å². The first-order valence-electron chi connectivity index (χ1n) is 8.91. The Kier molecular flexibility index (Phi) is 5.94. The van der Waals surface area contributed by atoms with Gasteiger partial charge in [0, 0.05) is 32.1 Å². The number of nitrogens with one attached hydrogen (secondary N) is 2. The minimum absolute atomic E-state index is 0.000129. The Bertz CT molecular complexity index is 867. The van der Waals surface area contributed by atoms with Gasteiger partial charge in [-0.25, -0.2) is 22.3 Å². The Morgan fingerprint density at radius 3 is 2.50 bits per heavy atom. The summed E-state index contributed by atoms with van der Waals surface area (Å²) >= 11 is 0. The number of rotatable bonds is 6. The van der Waals surface area contributed by atoms with Crippen LogP contribution in [-0.4, -0.2) is 68.3 Å². The number of imide groups is 1. The zero-order chi connectivity index (χ0) is 20.3. The lowest BCUT2D eigenvalue weighted by Crippen LogP contribution is -2.49. The third kappa shape index (κ3) is 4.30. The molecule has 0 saturated carbocycles. The highest BCUT2D eigenvalue weighted by molar-refractivity contribution is 7.89. The van der Waals surface area contributed by atoms with E-state index in [-0.39, 0.29) is 37.4 Å². The van der Waals surface area contributed by atoms with E-state index in [1.54, 1.807) is 4.90 Å². The summed E-state index contributed by atoms with van der Waals surface area (Å²) in [4.78, 5) is 38.1. The molecule has 3 rings (SSSR count). The highest BCUT2D eigenvalue weighted by Gasteiger charge is 2.37. The molecule has 28 heavy (non-hydrogen) atoms. The second-order valence-electron chi connectivity index (χ2n) is 6.61. The number of nitrogens with zero attached hydrogens (tertiary/aromatic N) is 2. The van der Waals surface area contributed by atoms with E-state index < -0.39 is 26.8 Å². The van der Waals surface area contributed by atoms with Crippen LogP contribution in [0.3, 0.4) is 0 Å². The Hall–Kier alpha value is -2.53. The minimum atomic E-state index is -4.03. The second-order valence-corrected chi connectivity index (χ2v) is 8.35. The van der Waals surface area contributed by atoms with Crippen molar-refractivity contribution in [3.05, 3.63) is 30.1 Å². The van der Waals surface area contributed by atoms with Crippen molar-refractivity contribution in [1.29, 1.82) is 0 Å². The first kappa shape index (κ1) is 20.2. The number of amides is 4. The van der Waals surface area contributed by atoms with E-state index in [1.165, 1.54) is 17.0 Å². The van der Waals surface area contributed by atoms with Crippen molar-refractivity contribution >= 4 is 27.9 Å². The van der Waals surface area contributed by atoms with Gasteiger partial charge in [-0.3, -0.25) is 14.5 Å². The van der Waals surface area contributed by atoms with E-state index >= 15 is 0 Å². The van der Waals surface area contributed by atoms with Crippen molar-refractivity contribution < 1.29 is 27.2 Å². The first-order valence-corrected chi connectivity index (χ1v) is 10.4. The van der Waals surface area contributed by atoms with E-state index in [9.17, 15) is 27.2 Å². The number of carbonyl (C=O) groups excluding carboxylic acids is 3. The van der Waals surface area contributed by atoms with Gasteiger partial charge in [0.1, 0.15) is 10.7 Å². The Morgan fingerprint density at radius 2 is 1.89 bits per heavy atom. The van der Waals surface area contributed by atoms with Gasteiger partial charge in [0.15, 0.2) is 0 Å². The summed E-state index contributed by atoms with van der Waals surface area (Å²) in [7, 11) is -4.03. The van der Waals surface area contributed by atoms with Crippen LogP contribution in [0.25, 0.3) is 0 Å². The molecular weight excluding hydrogens is 391 g/mol. The van der Waals surface area contributed by atoms with Crippen LogP contribution < -0.4 is 10.0 Å². The molecule has 0 radical (unpaired) electrons. The summed E-state index contributed by atoms with van der Waals surface area (Å²) in [6, 6.07) is 4.37. The molecule has 2 fully saturated rings. The van der Waals surface area contributed by atoms with E-state index in [0.29, 0.717) is 25.9 Å². The molecule has 2 aliphatic rings. The predicted octanol–water partition coefficient (Wildman–Crippen LogP) is 0.0369. The Balaban J connectivity index is 1.47. The Morgan fingerprint density at radius 1 is 1.21 bits per heavy atom. The third-order valence-electron chi connectivity index (χ3n) is 4.82. The number of piperidine rings is 1. The number of benzene rings is 1. The van der Waals surface area contributed by atoms with Crippen LogP contribution in [0.1, 0.15) is 19.3 Å². The molecule has 0 spiro atoms. The highest BCUT2D eigenvalue weighted by atomic mass is 32.2. The SMILES string of the molecule is O=C(CCNS(=O)(=O)c1ccccc1F)N1CCC(N2C(=O)CNC2=O)CC1. The summed E-state index contributed by atoms with van der Waals surface area (Å²) in [5, 5.41) is 2.48. The van der Waals surface area contributed by atoms with Crippen LogP contribution in [0.5, 0.6) is 0 Å². The number of urea groups is 1. The number of halogens is 1. The average Bonchev–Trinajstić information content (AvgIpc) is 3.00. The molecule has 4 amide bonds. The largest absolute Gasteiger partial charge is 0.343 e. The maximum absolute atomic E-state index is 13.6. The van der Waals surface area contributed by atoms with E-state index in [2.05, 4.69) is 10.0 Å². The molecule has 0 aliphatic carbocycles. The smallest absolute Gasteiger partial charge is 0.324 e. The molecule has 0 atom stereocenters. The lowest BCUT2D eigenvalue weighted by atomic mass is 10.0. The third-order valence-corrected chi connectivity index (χ3v) is 6.31. The fourth-order valence-corrected chi connectivity index (χ4v) is 4.48. The first-order chi connectivity index (χ1) is 13.3. The summed E-state index contributed by atoms with van der Waals surface area (Å²) in [6.45, 7) is 0.601. The van der Waals surface area contributed by atoms with E-state index in [1.807, 2.05) is 0 Å². The van der Waals surface area contributed by atoms with Crippen molar-refractivity contribution in [2.24, 2.45) is 0 Å². The molecule has 152 valence electrons. The van der Waals surface area contributed by atoms with Crippen molar-refractivity contribution in [2.45, 2.75) is 30.2 Å². The van der Waals surface area contributed by atoms with Crippen molar-refractivity contribution in [3.63, 3.8) is 0 Å². The molecule has 2 saturated heterocycles. The summed E-state index contributed by atoms with van der Waals surface area (Å²) in [5.41, 5.74) is 0. The number of likely N-dealkylation sites (tertiary alicyclic amines) is 1. The molecule has 1 aromatic carbocycles. The van der Waals surface area contributed by atoms with Gasteiger partial charge < -0.3 is 10.2 Å². The molecule has 0 bridgehead atoms. The van der Waals surface area contributed by atoms with Crippen LogP contribution in [0, 0.1) is 5.82 Å². The van der Waals surface area contributed by atoms with Gasteiger partial charge in [-0.05, 0) is 25.0 Å². The monoisotopic (exact) mass is 412 g/mol. The number of hydrogen-bond donors (Lipinski definition) is 2. The molecule has 2 N–H and O–H groups in total. The molecule has 9 nitrogen and oxygen atoms in total. The van der Waals surface area contributed by atoms with Crippen LogP contribution in [-0.2, 0) is 19.6 Å². The molecule has 0 unspecified atom stereocenters. The normalized spacial score (nSPS) is 18.5. The molecular formula is C17H21FN4O5S. The highest BCUT2D eigenvalue weighted by Crippen LogP contribution is 2.19. The van der Waals surface area contributed by atoms with E-state index in [4.69, 9.17) is 0 Å². The zero-order valence-electron chi connectivity index (χ0n) is 15.1. The molecule has 0 aromatic heterocycles. The van der Waals surface area contributed by atoms with Crippen LogP contribution in [0.4, 0.5) is 9.18 Å². The fraction of sp³-hybridized carbons (Fsp3) is 0.471. The maximum Gasteiger partial charge on any atom is 0.324 e. The number of carbonyl (C=O) groups is 3. The molecule has 2 heterocycles. The van der Waals surface area contributed by atoms with Crippen molar-refractivity contribution in [3.8, 4) is 0 Å². The summed E-state index contributed by atoms with van der Waals surface area (Å²) in [5.74, 6) is -1.37. The maximum atomic E-state index is 13.6. The van der Waals surface area contributed by atoms with Gasteiger partial charge in [0.25, 0.3) is 0 Å². The lowest BCUT2D eigenvalue weighted by molar-refractivity contribution is -0.133. The standard InChI is InChI=1S/C17H21FN4O5S/c18-13-3-1-2-4-14(13)28(26,27)20-8-5-15(23)21-9-6-12(7-10-21)22-16(24)11-19-17(22)25/h1-4,12,20H,5-11H2,(H,19,25). The average molecular weight is 412 g/mol. The van der Waals surface area contributed by atoms with E-state index in [0.717, 1.165) is 12.1 Å². The van der Waals surface area contributed by atoms with Gasteiger partial charge >= 0.3 is 6.03 Å². The second kappa shape index (κ2) is 8.23. The van der Waals surface area contributed by atoms with Crippen LogP contribution in [0.2, 0.25) is 0 Å². The van der Waals surface area contributed by atoms with Crippen molar-refractivity contribution in [2.75, 3.05) is 26.2 Å². The number of hydrogen-bond acceptors (Lipinski definition) is 5. The molecule has 2 aliphatic heterocycles. The van der Waals surface area contributed by atoms with Gasteiger partial charge in [0.05, 0.1) is 6.54 Å². The fourth-order valence-electron chi connectivity index (χ4n) is 3.37. The lowest BCUT2D eigenvalue weighted by Gasteiger charge is -2.35. The topological polar surface area (TPSA) is 116 Å². The zero-order valence-corrected chi connectivity index (χ0v) is 15.9. The minimum Gasteiger partial charge on any atom is -0.343 e. The van der Waals surface area contributed by atoms with Crippen LogP contribution >= 0.6 is 0 Å². The number of sulfonamides is 1. The predicted molar refractivity (Wildman–Crippen MR) is 96.1 cm³/mol.